The minimum Gasteiger partial charge on any atom is -0.469 e. The zero-order chi connectivity index (χ0) is 33.5. The number of nitrogens with one attached hydrogen (secondary N) is 3. The molecule has 248 valence electrons. The van der Waals surface area contributed by atoms with Gasteiger partial charge < -0.3 is 29.2 Å². The molecule has 1 fully saturated rings. The summed E-state index contributed by atoms with van der Waals surface area (Å²) in [4.78, 5) is 40.7. The van der Waals surface area contributed by atoms with Crippen molar-refractivity contribution in [3.05, 3.63) is 95.3 Å². The third-order valence-electron chi connectivity index (χ3n) is 11.4. The number of Topliss-reactive ketones (excluding diaryl/α,β-unsaturated/α-hetero) is 1. The van der Waals surface area contributed by atoms with E-state index in [1.54, 1.807) is 6.20 Å². The second kappa shape index (κ2) is 9.74. The molecule has 1 amide bonds. The van der Waals surface area contributed by atoms with Crippen molar-refractivity contribution in [1.29, 1.82) is 0 Å². The van der Waals surface area contributed by atoms with Gasteiger partial charge in [-0.05, 0) is 48.4 Å². The molecule has 0 radical (unpaired) electrons. The largest absolute Gasteiger partial charge is 0.469 e. The molecule has 10 heteroatoms. The van der Waals surface area contributed by atoms with Crippen LogP contribution in [0.25, 0.3) is 44.9 Å². The third kappa shape index (κ3) is 3.68. The Bertz CT molecular complexity index is 2450. The van der Waals surface area contributed by atoms with Crippen LogP contribution < -0.4 is 15.4 Å². The van der Waals surface area contributed by atoms with Crippen molar-refractivity contribution in [2.75, 3.05) is 5.32 Å². The Morgan fingerprint density at radius 2 is 1.86 bits per heavy atom. The van der Waals surface area contributed by atoms with Crippen molar-refractivity contribution >= 4 is 28.3 Å². The SMILES string of the molecule is CC(C)[C@@H]1NC(=O)[C@@H](CC(=O)C2CC2)Cc2ccc3c(c2)C24c5cccc(c5N[C@H]2O3)-c2cccc3[nH]cc(c23)-c2cnc(o2)-c2nc1oc24. The third-order valence-corrected chi connectivity index (χ3v) is 11.4. The summed E-state index contributed by atoms with van der Waals surface area (Å²) in [6.45, 7) is 4.06. The smallest absolute Gasteiger partial charge is 0.249 e. The lowest BCUT2D eigenvalue weighted by Crippen LogP contribution is -2.40. The highest BCUT2D eigenvalue weighted by atomic mass is 16.5. The summed E-state index contributed by atoms with van der Waals surface area (Å²) in [5.41, 5.74) is 7.22. The Kier molecular flexibility index (Phi) is 5.50. The topological polar surface area (TPSA) is 135 Å². The number of carbonyl (C=O) groups is 2. The number of aromatic nitrogens is 3. The number of benzene rings is 3. The quantitative estimate of drug-likeness (QED) is 0.179. The maximum atomic E-state index is 14.1. The number of oxazole rings is 2. The average Bonchev–Trinajstić information content (AvgIpc) is 3.46. The zero-order valence-electron chi connectivity index (χ0n) is 27.5. The Morgan fingerprint density at radius 3 is 2.72 bits per heavy atom. The maximum Gasteiger partial charge on any atom is 0.249 e. The first-order valence-electron chi connectivity index (χ1n) is 17.5. The first-order chi connectivity index (χ1) is 24.4. The number of carbonyl (C=O) groups excluding carboxylic acids is 2. The van der Waals surface area contributed by atoms with Crippen LogP contribution in [0.5, 0.6) is 5.75 Å². The molecule has 4 atom stereocenters. The number of aromatic amines is 1. The summed E-state index contributed by atoms with van der Waals surface area (Å²) in [7, 11) is 0. The van der Waals surface area contributed by atoms with Gasteiger partial charge in [-0.25, -0.2) is 9.97 Å². The van der Waals surface area contributed by atoms with Crippen molar-refractivity contribution in [1.82, 2.24) is 20.3 Å². The fourth-order valence-corrected chi connectivity index (χ4v) is 8.79. The fourth-order valence-electron chi connectivity index (χ4n) is 8.79. The number of H-pyrrole nitrogens is 1. The van der Waals surface area contributed by atoms with Crippen LogP contribution in [0.3, 0.4) is 0 Å². The number of ether oxygens (including phenoxy) is 1. The molecule has 3 N–H and O–H groups in total. The van der Waals surface area contributed by atoms with E-state index in [1.165, 1.54) is 0 Å². The highest BCUT2D eigenvalue weighted by molar-refractivity contribution is 6.07. The van der Waals surface area contributed by atoms with Crippen LogP contribution >= 0.6 is 0 Å². The van der Waals surface area contributed by atoms with Gasteiger partial charge in [-0.1, -0.05) is 56.3 Å². The number of ketones is 1. The molecule has 10 bridgehead atoms. The molecule has 1 spiro atoms. The van der Waals surface area contributed by atoms with Gasteiger partial charge in [-0.3, -0.25) is 9.59 Å². The first kappa shape index (κ1) is 28.2. The molecule has 1 saturated carbocycles. The molecule has 3 aromatic heterocycles. The number of hydrogen-bond donors (Lipinski definition) is 3. The molecule has 10 nitrogen and oxygen atoms in total. The van der Waals surface area contributed by atoms with Gasteiger partial charge in [-0.15, -0.1) is 0 Å². The van der Waals surface area contributed by atoms with E-state index in [-0.39, 0.29) is 29.9 Å². The molecule has 1 aliphatic carbocycles. The number of nitrogens with zero attached hydrogens (tertiary/aromatic N) is 2. The van der Waals surface area contributed by atoms with Crippen LogP contribution in [0.2, 0.25) is 0 Å². The number of amides is 1. The number of anilines is 1. The molecular weight excluding hydrogens is 630 g/mol. The lowest BCUT2D eigenvalue weighted by molar-refractivity contribution is -0.130. The van der Waals surface area contributed by atoms with Crippen molar-refractivity contribution in [2.45, 2.75) is 57.2 Å². The van der Waals surface area contributed by atoms with E-state index in [4.69, 9.17) is 23.5 Å². The number of para-hydroxylation sites is 1. The normalized spacial score (nSPS) is 23.8. The van der Waals surface area contributed by atoms with E-state index in [0.717, 1.165) is 62.8 Å². The minimum absolute atomic E-state index is 0.0654. The van der Waals surface area contributed by atoms with Gasteiger partial charge in [0.05, 0.1) is 6.20 Å². The average molecular weight is 664 g/mol. The summed E-state index contributed by atoms with van der Waals surface area (Å²) < 4.78 is 20.5. The van der Waals surface area contributed by atoms with Gasteiger partial charge in [-0.2, -0.15) is 0 Å². The maximum absolute atomic E-state index is 14.1. The lowest BCUT2D eigenvalue weighted by Gasteiger charge is -2.28. The van der Waals surface area contributed by atoms with E-state index < -0.39 is 23.6 Å². The molecule has 1 unspecified atom stereocenters. The van der Waals surface area contributed by atoms with Crippen molar-refractivity contribution < 1.29 is 23.2 Å². The van der Waals surface area contributed by atoms with E-state index in [0.29, 0.717) is 41.2 Å². The van der Waals surface area contributed by atoms with Crippen LogP contribution in [0, 0.1) is 17.8 Å². The molecule has 50 heavy (non-hydrogen) atoms. The number of fused-ring (bicyclic) bond motifs is 7. The van der Waals surface area contributed by atoms with Gasteiger partial charge >= 0.3 is 0 Å². The summed E-state index contributed by atoms with van der Waals surface area (Å²) in [6, 6.07) is 18.2. The minimum atomic E-state index is -0.982. The van der Waals surface area contributed by atoms with Crippen molar-refractivity contribution in [3.63, 3.8) is 0 Å². The van der Waals surface area contributed by atoms with Gasteiger partial charge in [0.2, 0.25) is 17.7 Å². The molecular formula is C40H33N5O5. The Balaban J connectivity index is 1.24. The Labute approximate surface area is 286 Å². The fraction of sp³-hybridized carbons (Fsp3) is 0.300. The number of hydrogen-bond acceptors (Lipinski definition) is 8. The first-order valence-corrected chi connectivity index (χ1v) is 17.5. The van der Waals surface area contributed by atoms with Gasteiger partial charge in [0.1, 0.15) is 23.0 Å². The molecule has 5 aliphatic rings. The highest BCUT2D eigenvalue weighted by Gasteiger charge is 2.61. The predicted octanol–water partition coefficient (Wildman–Crippen LogP) is 7.29. The second-order valence-corrected chi connectivity index (χ2v) is 14.8. The Morgan fingerprint density at radius 1 is 1.00 bits per heavy atom. The molecule has 7 heterocycles. The van der Waals surface area contributed by atoms with Crippen LogP contribution in [0.4, 0.5) is 5.69 Å². The molecule has 4 aliphatic heterocycles. The van der Waals surface area contributed by atoms with Gasteiger partial charge in [0, 0.05) is 63.3 Å². The summed E-state index contributed by atoms with van der Waals surface area (Å²) in [5, 5.41) is 8.09. The van der Waals surface area contributed by atoms with Crippen LogP contribution in [0.1, 0.15) is 67.5 Å². The molecule has 6 aromatic rings. The van der Waals surface area contributed by atoms with E-state index in [1.807, 2.05) is 32.2 Å². The van der Waals surface area contributed by atoms with Gasteiger partial charge in [0.25, 0.3) is 0 Å². The predicted molar refractivity (Wildman–Crippen MR) is 184 cm³/mol. The molecule has 11 rings (SSSR count). The zero-order valence-corrected chi connectivity index (χ0v) is 27.5. The lowest BCUT2D eigenvalue weighted by atomic mass is 9.72. The van der Waals surface area contributed by atoms with E-state index in [9.17, 15) is 9.59 Å². The number of rotatable bonds is 4. The van der Waals surface area contributed by atoms with E-state index in [2.05, 4.69) is 58.1 Å². The molecule has 3 aromatic carbocycles. The standard InChI is InChI=1S/C40H33N5O5/c1-18(2)32-38-44-34-35(50-38)40-25-7-3-6-23(22-5-4-8-27-31(22)24(16-41-27)30-17-42-37(34)48-30)33(25)45-39(40)49-29-12-9-19(14-26(29)40)13-21(36(47)43-32)15-28(46)20-10-11-20/h3-9,12,14,16-18,20-21,32,39,41,45H,10-11,13,15H2,1-2H3,(H,43,47)/t21-,32+,39+,40?/m1/s1. The van der Waals surface area contributed by atoms with Crippen LogP contribution in [-0.2, 0) is 21.4 Å². The second-order valence-electron chi connectivity index (χ2n) is 14.8. The summed E-state index contributed by atoms with van der Waals surface area (Å²) in [5.74, 6) is 1.96. The van der Waals surface area contributed by atoms with E-state index >= 15 is 0 Å². The van der Waals surface area contributed by atoms with Crippen molar-refractivity contribution in [2.24, 2.45) is 17.8 Å². The van der Waals surface area contributed by atoms with Crippen LogP contribution in [0.15, 0.2) is 75.8 Å². The van der Waals surface area contributed by atoms with Crippen LogP contribution in [-0.4, -0.2) is 32.9 Å². The molecule has 0 saturated heterocycles. The van der Waals surface area contributed by atoms with Crippen molar-refractivity contribution in [3.8, 4) is 39.8 Å². The summed E-state index contributed by atoms with van der Waals surface area (Å²) in [6.07, 6.45) is 5.54. The highest BCUT2D eigenvalue weighted by Crippen LogP contribution is 2.61. The Hall–Kier alpha value is -5.64. The summed E-state index contributed by atoms with van der Waals surface area (Å²) >= 11 is 0. The van der Waals surface area contributed by atoms with Gasteiger partial charge in [0.15, 0.2) is 23.4 Å². The monoisotopic (exact) mass is 663 g/mol.